The van der Waals surface area contributed by atoms with Gasteiger partial charge in [0.15, 0.2) is 0 Å². The van der Waals surface area contributed by atoms with Gasteiger partial charge in [0.05, 0.1) is 0 Å². The molecule has 2 aromatic carbocycles. The first kappa shape index (κ1) is 13.0. The summed E-state index contributed by atoms with van der Waals surface area (Å²) in [6.45, 7) is 3.28. The van der Waals surface area contributed by atoms with Crippen LogP contribution in [0.5, 0.6) is 0 Å². The van der Waals surface area contributed by atoms with Crippen molar-refractivity contribution in [2.45, 2.75) is 31.6 Å². The first-order valence-electron chi connectivity index (χ1n) is 6.26. The molecule has 0 amide bonds. The highest BCUT2D eigenvalue weighted by atomic mass is 19.3. The third-order valence-corrected chi connectivity index (χ3v) is 3.23. The van der Waals surface area contributed by atoms with E-state index in [4.69, 9.17) is 0 Å². The third-order valence-electron chi connectivity index (χ3n) is 3.23. The van der Waals surface area contributed by atoms with Crippen molar-refractivity contribution in [1.82, 2.24) is 0 Å². The normalized spacial score (nSPS) is 11.9. The fourth-order valence-corrected chi connectivity index (χ4v) is 2.17. The maximum atomic E-state index is 13.1. The lowest BCUT2D eigenvalue weighted by Gasteiger charge is -2.13. The molecule has 1 radical (unpaired) electrons. The molecule has 2 rings (SSSR count). The van der Waals surface area contributed by atoms with Crippen molar-refractivity contribution in [3.05, 3.63) is 55.0 Å². The lowest BCUT2D eigenvalue weighted by Crippen LogP contribution is -2.14. The summed E-state index contributed by atoms with van der Waals surface area (Å²) in [5, 5.41) is 2.33. The van der Waals surface area contributed by atoms with Gasteiger partial charge < -0.3 is 0 Å². The number of fused-ring (bicyclic) bond motifs is 1. The lowest BCUT2D eigenvalue weighted by molar-refractivity contribution is -0.00682. The zero-order chi connectivity index (χ0) is 13.0. The summed E-state index contributed by atoms with van der Waals surface area (Å²) in [6.07, 6.45) is 0.787. The summed E-state index contributed by atoms with van der Waals surface area (Å²) in [4.78, 5) is 0. The Labute approximate surface area is 107 Å². The number of rotatable bonds is 5. The maximum absolute atomic E-state index is 13.1. The predicted octanol–water partition coefficient (Wildman–Crippen LogP) is 5.02. The molecule has 0 nitrogen and oxygen atoms in total. The van der Waals surface area contributed by atoms with Crippen LogP contribution in [-0.2, 0) is 6.42 Å². The summed E-state index contributed by atoms with van der Waals surface area (Å²) in [5.74, 6) is -2.62. The van der Waals surface area contributed by atoms with Crippen molar-refractivity contribution < 1.29 is 8.78 Å². The van der Waals surface area contributed by atoms with E-state index < -0.39 is 5.92 Å². The second kappa shape index (κ2) is 5.47. The van der Waals surface area contributed by atoms with E-state index in [-0.39, 0.29) is 12.8 Å². The molecule has 2 aromatic rings. The number of aryl methyl sites for hydroxylation is 1. The third kappa shape index (κ3) is 3.06. The molecule has 0 N–H and O–H groups in total. The molecular formula is C16H17F2. The summed E-state index contributed by atoms with van der Waals surface area (Å²) in [7, 11) is 0. The van der Waals surface area contributed by atoms with Crippen LogP contribution in [0.4, 0.5) is 8.78 Å². The van der Waals surface area contributed by atoms with E-state index in [1.54, 1.807) is 0 Å². The van der Waals surface area contributed by atoms with Crippen molar-refractivity contribution in [3.63, 3.8) is 0 Å². The average molecular weight is 247 g/mol. The highest BCUT2D eigenvalue weighted by Crippen LogP contribution is 2.26. The quantitative estimate of drug-likeness (QED) is 0.695. The van der Waals surface area contributed by atoms with E-state index in [1.165, 1.54) is 5.39 Å². The smallest absolute Gasteiger partial charge is 0.207 e. The van der Waals surface area contributed by atoms with Crippen molar-refractivity contribution in [2.24, 2.45) is 0 Å². The van der Waals surface area contributed by atoms with Gasteiger partial charge >= 0.3 is 0 Å². The molecule has 18 heavy (non-hydrogen) atoms. The van der Waals surface area contributed by atoms with Crippen LogP contribution in [0, 0.1) is 6.92 Å². The van der Waals surface area contributed by atoms with Crippen LogP contribution in [0.1, 0.15) is 24.8 Å². The van der Waals surface area contributed by atoms with E-state index >= 15 is 0 Å². The fraction of sp³-hybridized carbons (Fsp3) is 0.312. The Morgan fingerprint density at radius 3 is 2.50 bits per heavy atom. The van der Waals surface area contributed by atoms with Crippen LogP contribution in [0.15, 0.2) is 42.5 Å². The molecule has 0 fully saturated rings. The first-order valence-corrected chi connectivity index (χ1v) is 6.26. The molecule has 0 aliphatic carbocycles. The Hall–Kier alpha value is -1.44. The minimum atomic E-state index is -2.62. The fourth-order valence-electron chi connectivity index (χ4n) is 2.17. The molecule has 0 spiro atoms. The molecule has 0 atom stereocenters. The summed E-state index contributed by atoms with van der Waals surface area (Å²) >= 11 is 0. The Bertz CT molecular complexity index is 512. The van der Waals surface area contributed by atoms with Gasteiger partial charge in [-0.3, -0.25) is 0 Å². The monoisotopic (exact) mass is 247 g/mol. The van der Waals surface area contributed by atoms with E-state index in [0.29, 0.717) is 12.8 Å². The molecule has 0 aliphatic rings. The second-order valence-corrected chi connectivity index (χ2v) is 4.60. The Morgan fingerprint density at radius 1 is 1.00 bits per heavy atom. The van der Waals surface area contributed by atoms with E-state index in [9.17, 15) is 8.78 Å². The van der Waals surface area contributed by atoms with Gasteiger partial charge in [0.25, 0.3) is 0 Å². The first-order chi connectivity index (χ1) is 8.62. The standard InChI is InChI=1S/C16H17F2/c1-2-16(17,18)12-6-10-14-9-5-8-13-7-3-4-11-15(13)14/h3-5,7-9,11H,1-2,6,10,12H2. The summed E-state index contributed by atoms with van der Waals surface area (Å²) < 4.78 is 26.2. The zero-order valence-corrected chi connectivity index (χ0v) is 10.3. The number of halogens is 2. The number of benzene rings is 2. The molecule has 0 aromatic heterocycles. The number of hydrogen-bond acceptors (Lipinski definition) is 0. The van der Waals surface area contributed by atoms with Gasteiger partial charge in [-0.2, -0.15) is 0 Å². The maximum Gasteiger partial charge on any atom is 0.248 e. The van der Waals surface area contributed by atoms with Crippen LogP contribution in [0.25, 0.3) is 10.8 Å². The molecule has 0 bridgehead atoms. The van der Waals surface area contributed by atoms with Gasteiger partial charge in [-0.05, 0) is 36.1 Å². The molecule has 0 unspecified atom stereocenters. The van der Waals surface area contributed by atoms with Crippen LogP contribution < -0.4 is 0 Å². The van der Waals surface area contributed by atoms with Crippen molar-refractivity contribution in [1.29, 1.82) is 0 Å². The van der Waals surface area contributed by atoms with E-state index in [2.05, 4.69) is 6.92 Å². The molecule has 0 aliphatic heterocycles. The Kier molecular flexibility index (Phi) is 3.95. The number of alkyl halides is 2. The summed E-state index contributed by atoms with van der Waals surface area (Å²) in [5.41, 5.74) is 1.15. The van der Waals surface area contributed by atoms with Crippen LogP contribution >= 0.6 is 0 Å². The predicted molar refractivity (Wildman–Crippen MR) is 71.8 cm³/mol. The highest BCUT2D eigenvalue weighted by molar-refractivity contribution is 5.85. The van der Waals surface area contributed by atoms with Crippen molar-refractivity contribution in [2.75, 3.05) is 0 Å². The van der Waals surface area contributed by atoms with Crippen molar-refractivity contribution in [3.8, 4) is 0 Å². The van der Waals surface area contributed by atoms with Crippen LogP contribution in [-0.4, -0.2) is 5.92 Å². The van der Waals surface area contributed by atoms with Gasteiger partial charge in [-0.25, -0.2) is 8.78 Å². The second-order valence-electron chi connectivity index (χ2n) is 4.60. The highest BCUT2D eigenvalue weighted by Gasteiger charge is 2.25. The molecule has 95 valence electrons. The lowest BCUT2D eigenvalue weighted by atomic mass is 9.99. The minimum absolute atomic E-state index is 0.0836. The molecular weight excluding hydrogens is 230 g/mol. The van der Waals surface area contributed by atoms with E-state index in [1.807, 2.05) is 42.5 Å². The minimum Gasteiger partial charge on any atom is -0.207 e. The molecule has 0 saturated heterocycles. The van der Waals surface area contributed by atoms with Gasteiger partial charge in [0, 0.05) is 12.8 Å². The van der Waals surface area contributed by atoms with Crippen LogP contribution in [0.2, 0.25) is 0 Å². The van der Waals surface area contributed by atoms with E-state index in [0.717, 1.165) is 10.9 Å². The van der Waals surface area contributed by atoms with Crippen molar-refractivity contribution >= 4 is 10.8 Å². The molecule has 0 heterocycles. The van der Waals surface area contributed by atoms with Gasteiger partial charge in [-0.1, -0.05) is 42.5 Å². The summed E-state index contributed by atoms with van der Waals surface area (Å²) in [6, 6.07) is 14.1. The largest absolute Gasteiger partial charge is 0.248 e. The number of hydrogen-bond donors (Lipinski definition) is 0. The Balaban J connectivity index is 2.08. The van der Waals surface area contributed by atoms with Gasteiger partial charge in [-0.15, -0.1) is 0 Å². The van der Waals surface area contributed by atoms with Crippen LogP contribution in [0.3, 0.4) is 0 Å². The SMILES string of the molecule is [CH2]CC(F)(F)CCCc1cccc2ccccc12. The van der Waals surface area contributed by atoms with Gasteiger partial charge in [0.2, 0.25) is 5.92 Å². The average Bonchev–Trinajstić information content (AvgIpc) is 2.39. The molecule has 0 saturated carbocycles. The molecule has 2 heteroatoms. The topological polar surface area (TPSA) is 0 Å². The Morgan fingerprint density at radius 2 is 1.72 bits per heavy atom. The zero-order valence-electron chi connectivity index (χ0n) is 10.3. The van der Waals surface area contributed by atoms with Gasteiger partial charge in [0.1, 0.15) is 0 Å².